The first-order valence-electron chi connectivity index (χ1n) is 4.47. The van der Waals surface area contributed by atoms with Crippen molar-refractivity contribution >= 4 is 28.9 Å². The lowest BCUT2D eigenvalue weighted by molar-refractivity contribution is 0.246. The summed E-state index contributed by atoms with van der Waals surface area (Å²) < 4.78 is 20.4. The normalized spacial score (nSPS) is 11.9. The van der Waals surface area contributed by atoms with E-state index in [2.05, 4.69) is 5.32 Å². The Labute approximate surface area is 101 Å². The van der Waals surface area contributed by atoms with Crippen molar-refractivity contribution < 1.29 is 13.6 Å². The predicted molar refractivity (Wildman–Crippen MR) is 62.5 cm³/mol. The van der Waals surface area contributed by atoms with E-state index in [0.717, 1.165) is 5.56 Å². The average molecular weight is 263 g/mol. The summed E-state index contributed by atoms with van der Waals surface area (Å²) in [6, 6.07) is 6.56. The third-order valence-corrected chi connectivity index (χ3v) is 2.40. The van der Waals surface area contributed by atoms with Gasteiger partial charge in [-0.3, -0.25) is 4.55 Å². The van der Waals surface area contributed by atoms with Gasteiger partial charge in [0.2, 0.25) is 0 Å². The van der Waals surface area contributed by atoms with E-state index in [9.17, 15) is 9.00 Å². The number of hydrogen-bond acceptors (Lipinski definition) is 2. The number of urea groups is 1. The van der Waals surface area contributed by atoms with Crippen LogP contribution in [0.15, 0.2) is 24.3 Å². The van der Waals surface area contributed by atoms with Crippen molar-refractivity contribution in [2.24, 2.45) is 0 Å². The highest BCUT2D eigenvalue weighted by Gasteiger charge is 2.01. The van der Waals surface area contributed by atoms with Crippen LogP contribution < -0.4 is 10.0 Å². The van der Waals surface area contributed by atoms with Gasteiger partial charge in [0.25, 0.3) is 11.3 Å². The Bertz CT molecular complexity index is 383. The largest absolute Gasteiger partial charge is 0.337 e. The molecule has 1 aromatic rings. The fourth-order valence-electron chi connectivity index (χ4n) is 1.09. The fourth-order valence-corrected chi connectivity index (χ4v) is 1.44. The lowest BCUT2D eigenvalue weighted by Gasteiger charge is -2.04. The Hall–Kier alpha value is -1.11. The molecule has 0 spiro atoms. The van der Waals surface area contributed by atoms with Gasteiger partial charge in [0.1, 0.15) is 0 Å². The van der Waals surface area contributed by atoms with Crippen molar-refractivity contribution in [3.05, 3.63) is 34.9 Å². The number of rotatable bonds is 4. The first-order valence-corrected chi connectivity index (χ1v) is 5.96. The summed E-state index contributed by atoms with van der Waals surface area (Å²) in [6.07, 6.45) is 0.628. The summed E-state index contributed by atoms with van der Waals surface area (Å²) >= 11 is 3.39. The second-order valence-corrected chi connectivity index (χ2v) is 4.12. The summed E-state index contributed by atoms with van der Waals surface area (Å²) in [7, 11) is 0. The maximum atomic E-state index is 10.9. The zero-order valence-corrected chi connectivity index (χ0v) is 9.85. The van der Waals surface area contributed by atoms with Crippen molar-refractivity contribution in [3.8, 4) is 0 Å². The van der Waals surface area contributed by atoms with Gasteiger partial charge >= 0.3 is 6.03 Å². The summed E-state index contributed by atoms with van der Waals surface area (Å²) in [4.78, 5) is 10.9. The molecule has 88 valence electrons. The number of carbonyl (C=O) groups excluding carboxylic acids is 1. The van der Waals surface area contributed by atoms with Gasteiger partial charge in [-0.15, -0.1) is 0 Å². The molecule has 0 aliphatic heterocycles. The number of amides is 2. The number of benzene rings is 1. The van der Waals surface area contributed by atoms with E-state index < -0.39 is 17.3 Å². The van der Waals surface area contributed by atoms with E-state index in [1.54, 1.807) is 16.9 Å². The molecule has 1 aromatic carbocycles. The van der Waals surface area contributed by atoms with Gasteiger partial charge in [-0.2, -0.15) is 0 Å². The standard InChI is InChI=1S/C9H11ClN2O3S/c10-8-3-1-7(2-4-8)5-6-11-9(13)12-16(14)15/h1-4H,5-6H2,(H,14,15)(H2,11,12,13). The first kappa shape index (κ1) is 13.0. The minimum absolute atomic E-state index is 0.380. The number of hydrogen-bond donors (Lipinski definition) is 3. The molecule has 0 heterocycles. The summed E-state index contributed by atoms with van der Waals surface area (Å²) in [5.41, 5.74) is 1.02. The minimum Gasteiger partial charge on any atom is -0.337 e. The molecule has 0 saturated heterocycles. The van der Waals surface area contributed by atoms with Crippen molar-refractivity contribution in [3.63, 3.8) is 0 Å². The van der Waals surface area contributed by atoms with Crippen LogP contribution in [0.3, 0.4) is 0 Å². The topological polar surface area (TPSA) is 78.4 Å². The van der Waals surface area contributed by atoms with Gasteiger partial charge in [-0.25, -0.2) is 13.7 Å². The molecule has 0 bridgehead atoms. The van der Waals surface area contributed by atoms with Crippen LogP contribution in [0.1, 0.15) is 5.56 Å². The smallest absolute Gasteiger partial charge is 0.328 e. The molecule has 0 aromatic heterocycles. The minimum atomic E-state index is -2.33. The third-order valence-electron chi connectivity index (χ3n) is 1.79. The van der Waals surface area contributed by atoms with Gasteiger partial charge in [0, 0.05) is 11.6 Å². The molecule has 1 atom stereocenters. The van der Waals surface area contributed by atoms with E-state index in [0.29, 0.717) is 18.0 Å². The fraction of sp³-hybridized carbons (Fsp3) is 0.222. The molecule has 5 nitrogen and oxygen atoms in total. The summed E-state index contributed by atoms with van der Waals surface area (Å²) in [6.45, 7) is 0.380. The molecule has 1 rings (SSSR count). The molecular formula is C9H11ClN2O3S. The van der Waals surface area contributed by atoms with Crippen LogP contribution in [0.5, 0.6) is 0 Å². The maximum Gasteiger partial charge on any atom is 0.328 e. The Kier molecular flexibility index (Phi) is 5.24. The molecule has 0 aliphatic carbocycles. The molecule has 1 unspecified atom stereocenters. The van der Waals surface area contributed by atoms with E-state index in [-0.39, 0.29) is 0 Å². The molecular weight excluding hydrogens is 252 g/mol. The van der Waals surface area contributed by atoms with Gasteiger partial charge in [0.05, 0.1) is 0 Å². The predicted octanol–water partition coefficient (Wildman–Crippen LogP) is 1.32. The van der Waals surface area contributed by atoms with E-state index >= 15 is 0 Å². The SMILES string of the molecule is O=C(NCCc1ccc(Cl)cc1)NS(=O)O. The second kappa shape index (κ2) is 6.47. The Morgan fingerprint density at radius 3 is 2.56 bits per heavy atom. The second-order valence-electron chi connectivity index (χ2n) is 2.98. The van der Waals surface area contributed by atoms with Gasteiger partial charge in [-0.1, -0.05) is 23.7 Å². The number of carbonyl (C=O) groups is 1. The van der Waals surface area contributed by atoms with Gasteiger partial charge < -0.3 is 5.32 Å². The van der Waals surface area contributed by atoms with Crippen LogP contribution in [0.25, 0.3) is 0 Å². The molecule has 0 fully saturated rings. The zero-order chi connectivity index (χ0) is 12.0. The Balaban J connectivity index is 2.28. The van der Waals surface area contributed by atoms with Crippen molar-refractivity contribution in [2.45, 2.75) is 6.42 Å². The quantitative estimate of drug-likeness (QED) is 0.716. The third kappa shape index (κ3) is 5.11. The molecule has 16 heavy (non-hydrogen) atoms. The summed E-state index contributed by atoms with van der Waals surface area (Å²) in [5.74, 6) is 0. The summed E-state index contributed by atoms with van der Waals surface area (Å²) in [5, 5.41) is 3.10. The molecule has 0 aliphatic rings. The number of halogens is 1. The van der Waals surface area contributed by atoms with Crippen LogP contribution >= 0.6 is 11.6 Å². The molecule has 0 radical (unpaired) electrons. The van der Waals surface area contributed by atoms with Crippen molar-refractivity contribution in [1.29, 1.82) is 0 Å². The van der Waals surface area contributed by atoms with E-state index in [1.165, 1.54) is 0 Å². The Morgan fingerprint density at radius 2 is 2.00 bits per heavy atom. The number of nitrogens with one attached hydrogen (secondary N) is 2. The molecule has 7 heteroatoms. The van der Waals surface area contributed by atoms with Crippen molar-refractivity contribution in [2.75, 3.05) is 6.54 Å². The highest BCUT2D eigenvalue weighted by molar-refractivity contribution is 7.77. The highest BCUT2D eigenvalue weighted by Crippen LogP contribution is 2.09. The lowest BCUT2D eigenvalue weighted by atomic mass is 10.1. The molecule has 2 amide bonds. The first-order chi connectivity index (χ1) is 7.58. The monoisotopic (exact) mass is 262 g/mol. The highest BCUT2D eigenvalue weighted by atomic mass is 35.5. The average Bonchev–Trinajstić information content (AvgIpc) is 2.20. The van der Waals surface area contributed by atoms with Crippen LogP contribution in [-0.4, -0.2) is 21.3 Å². The zero-order valence-electron chi connectivity index (χ0n) is 8.27. The van der Waals surface area contributed by atoms with Crippen molar-refractivity contribution in [1.82, 2.24) is 10.0 Å². The maximum absolute atomic E-state index is 10.9. The van der Waals surface area contributed by atoms with Gasteiger partial charge in [0.15, 0.2) is 0 Å². The molecule has 3 N–H and O–H groups in total. The lowest BCUT2D eigenvalue weighted by Crippen LogP contribution is -2.37. The Morgan fingerprint density at radius 1 is 1.38 bits per heavy atom. The van der Waals surface area contributed by atoms with Crippen LogP contribution in [0.4, 0.5) is 4.79 Å². The van der Waals surface area contributed by atoms with Gasteiger partial charge in [-0.05, 0) is 24.1 Å². The van der Waals surface area contributed by atoms with E-state index in [4.69, 9.17) is 16.2 Å². The van der Waals surface area contributed by atoms with Crippen LogP contribution in [-0.2, 0) is 17.7 Å². The van der Waals surface area contributed by atoms with Crippen LogP contribution in [0.2, 0.25) is 5.02 Å². The molecule has 0 saturated carbocycles. The van der Waals surface area contributed by atoms with E-state index in [1.807, 2.05) is 12.1 Å². The van der Waals surface area contributed by atoms with Crippen LogP contribution in [0, 0.1) is 0 Å².